The fraction of sp³-hybridized carbons (Fsp3) is 0.556. The topological polar surface area (TPSA) is 123 Å². The highest BCUT2D eigenvalue weighted by atomic mass is 19.1. The summed E-state index contributed by atoms with van der Waals surface area (Å²) in [7, 11) is 0. The lowest BCUT2D eigenvalue weighted by Crippen LogP contribution is -2.42. The van der Waals surface area contributed by atoms with Gasteiger partial charge in [0, 0.05) is 6.20 Å². The summed E-state index contributed by atoms with van der Waals surface area (Å²) in [5.41, 5.74) is 6.28. The molecule has 1 fully saturated rings. The third-order valence-corrected chi connectivity index (χ3v) is 2.78. The minimum absolute atomic E-state index is 0.0141. The number of aliphatic hydroxyl groups excluding tert-OH is 1. The number of halogens is 1. The second-order valence-electron chi connectivity index (χ2n) is 3.89. The second-order valence-corrected chi connectivity index (χ2v) is 3.89. The van der Waals surface area contributed by atoms with Crippen LogP contribution >= 0.6 is 0 Å². The number of alkyl halides is 1. The van der Waals surface area contributed by atoms with Gasteiger partial charge in [-0.05, 0) is 6.07 Å². The quantitative estimate of drug-likeness (QED) is 0.483. The van der Waals surface area contributed by atoms with E-state index in [1.807, 2.05) is 0 Å². The fourth-order valence-electron chi connectivity index (χ4n) is 1.87. The molecular weight excluding hydrogens is 247 g/mol. The van der Waals surface area contributed by atoms with Crippen molar-refractivity contribution in [1.29, 1.82) is 0 Å². The number of nitrogens with two attached hydrogens (primary N) is 1. The molecule has 1 aromatic heterocycles. The molecule has 2 rings (SSSR count). The van der Waals surface area contributed by atoms with E-state index < -0.39 is 36.8 Å². The molecule has 1 aromatic rings. The summed E-state index contributed by atoms with van der Waals surface area (Å²) < 4.78 is 20.1. The molecule has 0 unspecified atom stereocenters. The summed E-state index contributed by atoms with van der Waals surface area (Å²) >= 11 is 0. The van der Waals surface area contributed by atoms with Crippen molar-refractivity contribution in [2.24, 2.45) is 0 Å². The maximum absolute atomic E-state index is 14.0. The van der Waals surface area contributed by atoms with Crippen LogP contribution in [0.4, 0.5) is 10.2 Å². The van der Waals surface area contributed by atoms with Gasteiger partial charge in [-0.1, -0.05) is 0 Å². The summed E-state index contributed by atoms with van der Waals surface area (Å²) in [4.78, 5) is 15.0. The Morgan fingerprint density at radius 2 is 2.39 bits per heavy atom. The van der Waals surface area contributed by atoms with Crippen LogP contribution in [0, 0.1) is 0 Å². The predicted molar refractivity (Wildman–Crippen MR) is 57.5 cm³/mol. The molecular formula is C9H13FN4O4. The smallest absolute Gasteiger partial charge is 0.351 e. The van der Waals surface area contributed by atoms with Gasteiger partial charge in [0.2, 0.25) is 0 Å². The van der Waals surface area contributed by atoms with E-state index in [1.165, 1.54) is 12.3 Å². The number of nitrogens with zero attached hydrogens (tertiary/aromatic N) is 2. The number of aliphatic hydroxyl groups is 1. The molecule has 8 nitrogen and oxygen atoms in total. The Labute approximate surface area is 101 Å². The van der Waals surface area contributed by atoms with Crippen molar-refractivity contribution >= 4 is 5.82 Å². The van der Waals surface area contributed by atoms with E-state index in [0.717, 1.165) is 4.57 Å². The van der Waals surface area contributed by atoms with Crippen LogP contribution in [0.1, 0.15) is 6.23 Å². The summed E-state index contributed by atoms with van der Waals surface area (Å²) in [6, 6.07) is 0.204. The van der Waals surface area contributed by atoms with E-state index in [2.05, 4.69) is 4.98 Å². The van der Waals surface area contributed by atoms with Gasteiger partial charge < -0.3 is 20.8 Å². The SMILES string of the molecule is Nc1ccn([C@@H]2O[C@H](CO)[C@@H](NO)[C@H]2F)c(=O)n1. The fourth-order valence-corrected chi connectivity index (χ4v) is 1.87. The van der Waals surface area contributed by atoms with Crippen LogP contribution < -0.4 is 16.9 Å². The van der Waals surface area contributed by atoms with Crippen molar-refractivity contribution in [3.05, 3.63) is 22.7 Å². The summed E-state index contributed by atoms with van der Waals surface area (Å²) in [5.74, 6) is 0.0141. The summed E-state index contributed by atoms with van der Waals surface area (Å²) in [6.07, 6.45) is -2.70. The molecule has 100 valence electrons. The zero-order valence-electron chi connectivity index (χ0n) is 9.23. The second kappa shape index (κ2) is 4.98. The highest BCUT2D eigenvalue weighted by Crippen LogP contribution is 2.30. The number of anilines is 1. The highest BCUT2D eigenvalue weighted by molar-refractivity contribution is 5.23. The first-order valence-corrected chi connectivity index (χ1v) is 5.23. The molecule has 18 heavy (non-hydrogen) atoms. The van der Waals surface area contributed by atoms with Gasteiger partial charge in [0.15, 0.2) is 12.4 Å². The first-order valence-electron chi connectivity index (χ1n) is 5.23. The molecule has 1 aliphatic rings. The minimum atomic E-state index is -1.71. The molecule has 0 aliphatic carbocycles. The van der Waals surface area contributed by atoms with E-state index in [4.69, 9.17) is 20.8 Å². The van der Waals surface area contributed by atoms with Gasteiger partial charge in [-0.2, -0.15) is 10.5 Å². The number of hydrogen-bond donors (Lipinski definition) is 4. The molecule has 1 aliphatic heterocycles. The largest absolute Gasteiger partial charge is 0.394 e. The van der Waals surface area contributed by atoms with Gasteiger partial charge in [0.05, 0.1) is 12.6 Å². The Morgan fingerprint density at radius 3 is 2.89 bits per heavy atom. The maximum atomic E-state index is 14.0. The van der Waals surface area contributed by atoms with E-state index >= 15 is 0 Å². The third-order valence-electron chi connectivity index (χ3n) is 2.78. The molecule has 9 heteroatoms. The highest BCUT2D eigenvalue weighted by Gasteiger charge is 2.46. The molecule has 2 heterocycles. The average Bonchev–Trinajstić information content (AvgIpc) is 2.66. The minimum Gasteiger partial charge on any atom is -0.394 e. The van der Waals surface area contributed by atoms with Crippen LogP contribution in [0.15, 0.2) is 17.1 Å². The van der Waals surface area contributed by atoms with Crippen LogP contribution in [0.2, 0.25) is 0 Å². The molecule has 0 radical (unpaired) electrons. The molecule has 1 saturated heterocycles. The standard InChI is InChI=1S/C9H13FN4O4/c10-6-7(13-17)4(3-15)18-8(6)14-2-1-5(11)12-9(14)16/h1-2,4,6-8,13,15,17H,3H2,(H2,11,12,16)/t4-,6-,7-,8-/m1/s1. The number of rotatable bonds is 3. The zero-order chi connectivity index (χ0) is 13.3. The van der Waals surface area contributed by atoms with Crippen molar-refractivity contribution in [2.45, 2.75) is 24.5 Å². The maximum Gasteiger partial charge on any atom is 0.351 e. The predicted octanol–water partition coefficient (Wildman–Crippen LogP) is -1.60. The average molecular weight is 260 g/mol. The lowest BCUT2D eigenvalue weighted by Gasteiger charge is -2.16. The number of aromatic nitrogens is 2. The van der Waals surface area contributed by atoms with Crippen molar-refractivity contribution in [3.8, 4) is 0 Å². The molecule has 4 atom stereocenters. The van der Waals surface area contributed by atoms with Crippen molar-refractivity contribution in [1.82, 2.24) is 15.0 Å². The first-order chi connectivity index (χ1) is 8.58. The Hall–Kier alpha value is -1.55. The van der Waals surface area contributed by atoms with Crippen LogP contribution in [0.25, 0.3) is 0 Å². The Kier molecular flexibility index (Phi) is 3.57. The van der Waals surface area contributed by atoms with E-state index in [0.29, 0.717) is 0 Å². The molecule has 0 bridgehead atoms. The number of ether oxygens (including phenoxy) is 1. The number of nitrogens with one attached hydrogen (secondary N) is 1. The van der Waals surface area contributed by atoms with Gasteiger partial charge in [-0.3, -0.25) is 4.57 Å². The molecule has 0 saturated carbocycles. The Balaban J connectivity index is 2.32. The Bertz CT molecular complexity index is 482. The van der Waals surface area contributed by atoms with Crippen LogP contribution in [0.3, 0.4) is 0 Å². The normalized spacial score (nSPS) is 31.7. The zero-order valence-corrected chi connectivity index (χ0v) is 9.23. The van der Waals surface area contributed by atoms with Gasteiger partial charge in [-0.25, -0.2) is 9.18 Å². The van der Waals surface area contributed by atoms with E-state index in [1.54, 1.807) is 5.48 Å². The number of hydroxylamine groups is 1. The van der Waals surface area contributed by atoms with E-state index in [9.17, 15) is 9.18 Å². The molecule has 0 spiro atoms. The monoisotopic (exact) mass is 260 g/mol. The lowest BCUT2D eigenvalue weighted by molar-refractivity contribution is -0.0445. The molecule has 0 amide bonds. The molecule has 0 aromatic carbocycles. The third kappa shape index (κ3) is 2.08. The number of nitrogen functional groups attached to an aromatic ring is 1. The summed E-state index contributed by atoms with van der Waals surface area (Å²) in [5, 5.41) is 17.8. The lowest BCUT2D eigenvalue weighted by atomic mass is 10.1. The van der Waals surface area contributed by atoms with E-state index in [-0.39, 0.29) is 5.82 Å². The van der Waals surface area contributed by atoms with Crippen LogP contribution in [-0.4, -0.2) is 44.8 Å². The van der Waals surface area contributed by atoms with Crippen molar-refractivity contribution in [2.75, 3.05) is 12.3 Å². The van der Waals surface area contributed by atoms with Gasteiger partial charge >= 0.3 is 5.69 Å². The van der Waals surface area contributed by atoms with Crippen LogP contribution in [-0.2, 0) is 4.74 Å². The van der Waals surface area contributed by atoms with Crippen LogP contribution in [0.5, 0.6) is 0 Å². The first kappa shape index (κ1) is 12.9. The van der Waals surface area contributed by atoms with Crippen molar-refractivity contribution in [3.63, 3.8) is 0 Å². The van der Waals surface area contributed by atoms with Gasteiger partial charge in [0.1, 0.15) is 11.9 Å². The van der Waals surface area contributed by atoms with Gasteiger partial charge in [-0.15, -0.1) is 0 Å². The number of hydrogen-bond acceptors (Lipinski definition) is 7. The van der Waals surface area contributed by atoms with Crippen molar-refractivity contribution < 1.29 is 19.4 Å². The van der Waals surface area contributed by atoms with Gasteiger partial charge in [0.25, 0.3) is 0 Å². The molecule has 5 N–H and O–H groups in total. The summed E-state index contributed by atoms with van der Waals surface area (Å²) in [6.45, 7) is -0.494. The Morgan fingerprint density at radius 1 is 1.67 bits per heavy atom.